The van der Waals surface area contributed by atoms with Gasteiger partial charge in [-0.3, -0.25) is 9.59 Å². The molecular weight excluding hydrogens is 332 g/mol. The lowest BCUT2D eigenvalue weighted by Crippen LogP contribution is -2.68. The van der Waals surface area contributed by atoms with Gasteiger partial charge in [-0.2, -0.15) is 0 Å². The van der Waals surface area contributed by atoms with Crippen molar-refractivity contribution in [3.63, 3.8) is 0 Å². The summed E-state index contributed by atoms with van der Waals surface area (Å²) in [6.45, 7) is 16.8. The van der Waals surface area contributed by atoms with E-state index in [-0.39, 0.29) is 29.8 Å². The van der Waals surface area contributed by atoms with Gasteiger partial charge in [-0.1, -0.05) is 19.9 Å². The molecule has 148 valence electrons. The van der Waals surface area contributed by atoms with Crippen molar-refractivity contribution in [2.45, 2.75) is 72.4 Å². The van der Waals surface area contributed by atoms with E-state index in [0.29, 0.717) is 12.8 Å². The Kier molecular flexibility index (Phi) is 6.66. The number of hydrogen-bond acceptors (Lipinski definition) is 4. The smallest absolute Gasteiger partial charge is 0.332 e. The molecule has 1 aliphatic carbocycles. The maximum Gasteiger partial charge on any atom is 0.332 e. The summed E-state index contributed by atoms with van der Waals surface area (Å²) in [6.07, 6.45) is 2.55. The van der Waals surface area contributed by atoms with Gasteiger partial charge in [0, 0.05) is 12.5 Å². The maximum atomic E-state index is 13.1. The molecule has 1 aliphatic rings. The maximum absolute atomic E-state index is 13.1. The second kappa shape index (κ2) is 7.80. The highest BCUT2D eigenvalue weighted by atomic mass is 16.5. The van der Waals surface area contributed by atoms with Gasteiger partial charge in [-0.05, 0) is 51.9 Å². The number of nitrogens with one attached hydrogen (secondary N) is 2. The summed E-state index contributed by atoms with van der Waals surface area (Å²) < 4.78 is 5.30. The Morgan fingerprint density at radius 2 is 1.85 bits per heavy atom. The summed E-state index contributed by atoms with van der Waals surface area (Å²) >= 11 is 0. The van der Waals surface area contributed by atoms with Gasteiger partial charge in [-0.25, -0.2) is 4.79 Å². The van der Waals surface area contributed by atoms with Crippen LogP contribution in [0.15, 0.2) is 12.7 Å². The molecule has 0 saturated heterocycles. The molecule has 0 heterocycles. The molecule has 0 bridgehead atoms. The van der Waals surface area contributed by atoms with Crippen molar-refractivity contribution in [3.8, 4) is 0 Å². The lowest BCUT2D eigenvalue weighted by atomic mass is 9.57. The molecule has 0 radical (unpaired) electrons. The molecule has 0 aromatic heterocycles. The third-order valence-corrected chi connectivity index (χ3v) is 4.96. The summed E-state index contributed by atoms with van der Waals surface area (Å²) in [4.78, 5) is 38.0. The number of carbonyl (C=O) groups excluding carboxylic acids is 3. The normalized spacial score (nSPS) is 28.0. The fourth-order valence-electron chi connectivity index (χ4n) is 3.92. The van der Waals surface area contributed by atoms with Crippen molar-refractivity contribution in [3.05, 3.63) is 12.7 Å². The average Bonchev–Trinajstić information content (AvgIpc) is 2.43. The zero-order chi connectivity index (χ0) is 20.3. The molecule has 0 aliphatic heterocycles. The van der Waals surface area contributed by atoms with E-state index in [9.17, 15) is 14.4 Å². The molecular formula is C20H34N2O4. The summed E-state index contributed by atoms with van der Waals surface area (Å²) in [6, 6.07) is 0. The molecule has 3 unspecified atom stereocenters. The van der Waals surface area contributed by atoms with Crippen LogP contribution in [0.4, 0.5) is 0 Å². The van der Waals surface area contributed by atoms with Crippen LogP contribution < -0.4 is 10.6 Å². The predicted octanol–water partition coefficient (Wildman–Crippen LogP) is 2.58. The second-order valence-electron chi connectivity index (χ2n) is 8.91. The number of hydrogen-bond donors (Lipinski definition) is 2. The van der Waals surface area contributed by atoms with Crippen LogP contribution in [0.2, 0.25) is 0 Å². The highest BCUT2D eigenvalue weighted by Gasteiger charge is 2.59. The minimum Gasteiger partial charge on any atom is -0.464 e. The molecule has 1 saturated carbocycles. The monoisotopic (exact) mass is 366 g/mol. The number of amides is 2. The molecule has 2 amide bonds. The standard InChI is InChI=1S/C20H34N2O4/c1-9-14-11-15(16(24)22-18(4,5)6)20(21-13(3)23,12-19(14,7)8)17(25)26-10-2/h9,14-15H,1,10-12H2,2-8H3,(H,21,23)(H,22,24). The lowest BCUT2D eigenvalue weighted by molar-refractivity contribution is -0.165. The highest BCUT2D eigenvalue weighted by Crippen LogP contribution is 2.49. The van der Waals surface area contributed by atoms with Crippen molar-refractivity contribution < 1.29 is 19.1 Å². The third-order valence-electron chi connectivity index (χ3n) is 4.96. The van der Waals surface area contributed by atoms with Crippen LogP contribution in [0.1, 0.15) is 61.3 Å². The van der Waals surface area contributed by atoms with E-state index in [1.165, 1.54) is 6.92 Å². The van der Waals surface area contributed by atoms with Gasteiger partial charge in [-0.15, -0.1) is 6.58 Å². The Morgan fingerprint density at radius 3 is 2.27 bits per heavy atom. The molecule has 3 atom stereocenters. The molecule has 1 fully saturated rings. The Bertz CT molecular complexity index is 577. The SMILES string of the molecule is C=CC1CC(C(=O)NC(C)(C)C)C(NC(C)=O)(C(=O)OCC)CC1(C)C. The molecule has 6 heteroatoms. The van der Waals surface area contributed by atoms with E-state index in [1.54, 1.807) is 6.92 Å². The Hall–Kier alpha value is -1.85. The Labute approximate surface area is 157 Å². The van der Waals surface area contributed by atoms with Crippen LogP contribution in [-0.4, -0.2) is 35.5 Å². The van der Waals surface area contributed by atoms with E-state index in [2.05, 4.69) is 17.2 Å². The van der Waals surface area contributed by atoms with Crippen LogP contribution in [0.25, 0.3) is 0 Å². The topological polar surface area (TPSA) is 84.5 Å². The van der Waals surface area contributed by atoms with E-state index >= 15 is 0 Å². The average molecular weight is 367 g/mol. The number of allylic oxidation sites excluding steroid dienone is 1. The molecule has 6 nitrogen and oxygen atoms in total. The first-order valence-corrected chi connectivity index (χ1v) is 9.19. The Morgan fingerprint density at radius 1 is 1.27 bits per heavy atom. The first-order valence-electron chi connectivity index (χ1n) is 9.19. The fraction of sp³-hybridized carbons (Fsp3) is 0.750. The van der Waals surface area contributed by atoms with Crippen LogP contribution in [-0.2, 0) is 19.1 Å². The predicted molar refractivity (Wildman–Crippen MR) is 101 cm³/mol. The summed E-state index contributed by atoms with van der Waals surface area (Å²) in [7, 11) is 0. The minimum absolute atomic E-state index is 0.0366. The van der Waals surface area contributed by atoms with Crippen LogP contribution in [0.3, 0.4) is 0 Å². The van der Waals surface area contributed by atoms with E-state index in [1.807, 2.05) is 40.7 Å². The summed E-state index contributed by atoms with van der Waals surface area (Å²) in [5.74, 6) is -1.88. The molecule has 1 rings (SSSR count). The third kappa shape index (κ3) is 4.86. The van der Waals surface area contributed by atoms with Gasteiger partial charge >= 0.3 is 5.97 Å². The summed E-state index contributed by atoms with van der Waals surface area (Å²) in [5.41, 5.74) is -2.17. The molecule has 2 N–H and O–H groups in total. The van der Waals surface area contributed by atoms with E-state index < -0.39 is 23.0 Å². The minimum atomic E-state index is -1.39. The Balaban J connectivity index is 3.47. The van der Waals surface area contributed by atoms with Crippen LogP contribution >= 0.6 is 0 Å². The van der Waals surface area contributed by atoms with Gasteiger partial charge in [0.2, 0.25) is 11.8 Å². The first-order chi connectivity index (χ1) is 11.8. The van der Waals surface area contributed by atoms with Gasteiger partial charge in [0.1, 0.15) is 5.54 Å². The summed E-state index contributed by atoms with van der Waals surface area (Å²) in [5, 5.41) is 5.74. The van der Waals surface area contributed by atoms with Crippen molar-refractivity contribution in [2.24, 2.45) is 17.3 Å². The first kappa shape index (κ1) is 22.2. The van der Waals surface area contributed by atoms with Crippen molar-refractivity contribution >= 4 is 17.8 Å². The van der Waals surface area contributed by atoms with Crippen molar-refractivity contribution in [1.82, 2.24) is 10.6 Å². The van der Waals surface area contributed by atoms with Crippen molar-refractivity contribution in [2.75, 3.05) is 6.61 Å². The van der Waals surface area contributed by atoms with E-state index in [0.717, 1.165) is 0 Å². The van der Waals surface area contributed by atoms with Crippen LogP contribution in [0.5, 0.6) is 0 Å². The largest absolute Gasteiger partial charge is 0.464 e. The fourth-order valence-corrected chi connectivity index (χ4v) is 3.92. The van der Waals surface area contributed by atoms with Gasteiger partial charge in [0.25, 0.3) is 0 Å². The molecule has 0 aromatic rings. The number of ether oxygens (including phenoxy) is 1. The second-order valence-corrected chi connectivity index (χ2v) is 8.91. The molecule has 0 aromatic carbocycles. The molecule has 26 heavy (non-hydrogen) atoms. The lowest BCUT2D eigenvalue weighted by Gasteiger charge is -2.51. The zero-order valence-electron chi connectivity index (χ0n) is 17.2. The molecule has 0 spiro atoms. The van der Waals surface area contributed by atoms with E-state index in [4.69, 9.17) is 4.74 Å². The van der Waals surface area contributed by atoms with Gasteiger partial charge in [0.05, 0.1) is 12.5 Å². The quantitative estimate of drug-likeness (QED) is 0.578. The van der Waals surface area contributed by atoms with Gasteiger partial charge in [0.15, 0.2) is 0 Å². The van der Waals surface area contributed by atoms with Gasteiger partial charge < -0.3 is 15.4 Å². The number of rotatable bonds is 5. The number of esters is 1. The van der Waals surface area contributed by atoms with Crippen molar-refractivity contribution in [1.29, 1.82) is 0 Å². The van der Waals surface area contributed by atoms with Crippen LogP contribution in [0, 0.1) is 17.3 Å². The zero-order valence-corrected chi connectivity index (χ0v) is 17.2. The highest BCUT2D eigenvalue weighted by molar-refractivity contribution is 5.94. The number of carbonyl (C=O) groups is 3.